The maximum absolute atomic E-state index is 3.60. The third-order valence-electron chi connectivity index (χ3n) is 2.45. The highest BCUT2D eigenvalue weighted by Gasteiger charge is 2.05. The van der Waals surface area contributed by atoms with Gasteiger partial charge < -0.3 is 0 Å². The van der Waals surface area contributed by atoms with Crippen molar-refractivity contribution in [2.75, 3.05) is 5.33 Å². The maximum atomic E-state index is 3.60. The van der Waals surface area contributed by atoms with Crippen molar-refractivity contribution in [1.82, 2.24) is 0 Å². The molecule has 0 spiro atoms. The molecule has 0 aromatic carbocycles. The van der Waals surface area contributed by atoms with Crippen LogP contribution >= 0.6 is 15.9 Å². The number of unbranched alkanes of at least 4 members (excludes halogenated alkanes) is 4. The Labute approximate surface area is 92.6 Å². The lowest BCUT2D eigenvalue weighted by atomic mass is 9.97. The van der Waals surface area contributed by atoms with Gasteiger partial charge in [-0.05, 0) is 25.2 Å². The molecule has 1 radical (unpaired) electrons. The lowest BCUT2D eigenvalue weighted by Crippen LogP contribution is -2.02. The van der Waals surface area contributed by atoms with Crippen LogP contribution in [0, 0.1) is 12.3 Å². The zero-order chi connectivity index (χ0) is 9.94. The number of rotatable bonds is 9. The van der Waals surface area contributed by atoms with E-state index < -0.39 is 0 Å². The molecule has 0 heterocycles. The van der Waals surface area contributed by atoms with Crippen LogP contribution in [0.2, 0.25) is 0 Å². The summed E-state index contributed by atoms with van der Waals surface area (Å²) in [5, 5.41) is 1.18. The minimum Gasteiger partial charge on any atom is -0.0925 e. The first-order chi connectivity index (χ1) is 6.35. The summed E-state index contributed by atoms with van der Waals surface area (Å²) in [5.74, 6) is 0.886. The molecule has 0 fully saturated rings. The zero-order valence-corrected chi connectivity index (χ0v) is 10.8. The van der Waals surface area contributed by atoms with Crippen LogP contribution in [0.1, 0.15) is 58.8 Å². The second kappa shape index (κ2) is 10.6. The van der Waals surface area contributed by atoms with E-state index in [0.29, 0.717) is 0 Å². The van der Waals surface area contributed by atoms with Crippen LogP contribution in [0.5, 0.6) is 0 Å². The molecular formula is C12H24Br. The first-order valence-corrected chi connectivity index (χ1v) is 6.84. The van der Waals surface area contributed by atoms with Crippen molar-refractivity contribution in [3.63, 3.8) is 0 Å². The summed E-state index contributed by atoms with van der Waals surface area (Å²) in [5.41, 5.74) is 0. The maximum Gasteiger partial charge on any atom is 0.00597 e. The Balaban J connectivity index is 3.25. The number of hydrogen-bond acceptors (Lipinski definition) is 0. The first kappa shape index (κ1) is 13.5. The molecule has 0 rings (SSSR count). The van der Waals surface area contributed by atoms with Gasteiger partial charge in [-0.2, -0.15) is 0 Å². The van der Waals surface area contributed by atoms with Gasteiger partial charge in [-0.1, -0.05) is 61.9 Å². The van der Waals surface area contributed by atoms with Gasteiger partial charge in [-0.15, -0.1) is 0 Å². The molecule has 0 bridgehead atoms. The fourth-order valence-electron chi connectivity index (χ4n) is 1.45. The van der Waals surface area contributed by atoms with Crippen LogP contribution in [0.3, 0.4) is 0 Å². The first-order valence-electron chi connectivity index (χ1n) is 5.72. The summed E-state index contributed by atoms with van der Waals surface area (Å²) >= 11 is 3.60. The van der Waals surface area contributed by atoms with Gasteiger partial charge in [0.1, 0.15) is 0 Å². The minimum atomic E-state index is 0.886. The van der Waals surface area contributed by atoms with E-state index in [9.17, 15) is 0 Å². The molecule has 0 aromatic heterocycles. The van der Waals surface area contributed by atoms with Crippen molar-refractivity contribution in [3.8, 4) is 0 Å². The molecule has 0 nitrogen and oxygen atoms in total. The summed E-state index contributed by atoms with van der Waals surface area (Å²) in [4.78, 5) is 0. The lowest BCUT2D eigenvalue weighted by molar-refractivity contribution is 0.500. The lowest BCUT2D eigenvalue weighted by Gasteiger charge is -2.12. The quantitative estimate of drug-likeness (QED) is 0.399. The Hall–Kier alpha value is 0.480. The van der Waals surface area contributed by atoms with Crippen LogP contribution < -0.4 is 0 Å². The van der Waals surface area contributed by atoms with Gasteiger partial charge in [-0.25, -0.2) is 0 Å². The van der Waals surface area contributed by atoms with Crippen molar-refractivity contribution < 1.29 is 0 Å². The smallest absolute Gasteiger partial charge is 0.00597 e. The van der Waals surface area contributed by atoms with E-state index in [2.05, 4.69) is 36.2 Å². The second-order valence-corrected chi connectivity index (χ2v) is 4.48. The SMILES string of the molecule is CCCC[CH]CC(CBr)CCCC. The third-order valence-corrected chi connectivity index (χ3v) is 3.36. The van der Waals surface area contributed by atoms with E-state index in [1.54, 1.807) is 0 Å². The van der Waals surface area contributed by atoms with E-state index in [-0.39, 0.29) is 0 Å². The summed E-state index contributed by atoms with van der Waals surface area (Å²) < 4.78 is 0. The topological polar surface area (TPSA) is 0 Å². The highest BCUT2D eigenvalue weighted by molar-refractivity contribution is 9.09. The van der Waals surface area contributed by atoms with Gasteiger partial charge in [0.15, 0.2) is 0 Å². The Kier molecular flexibility index (Phi) is 11.0. The average molecular weight is 248 g/mol. The molecule has 13 heavy (non-hydrogen) atoms. The van der Waals surface area contributed by atoms with Crippen LogP contribution in [0.25, 0.3) is 0 Å². The standard InChI is InChI=1S/C12H24Br/c1-3-5-7-8-10-12(11-13)9-6-4-2/h8,12H,3-7,9-11H2,1-2H3. The molecular weight excluding hydrogens is 224 g/mol. The van der Waals surface area contributed by atoms with Gasteiger partial charge in [0.2, 0.25) is 0 Å². The van der Waals surface area contributed by atoms with E-state index in [1.165, 1.54) is 50.3 Å². The Morgan fingerprint density at radius 1 is 1.15 bits per heavy atom. The van der Waals surface area contributed by atoms with Crippen molar-refractivity contribution in [3.05, 3.63) is 6.42 Å². The van der Waals surface area contributed by atoms with Crippen molar-refractivity contribution in [2.45, 2.75) is 58.8 Å². The van der Waals surface area contributed by atoms with Crippen LogP contribution in [0.15, 0.2) is 0 Å². The van der Waals surface area contributed by atoms with Gasteiger partial charge in [-0.3, -0.25) is 0 Å². The molecule has 1 atom stereocenters. The predicted octanol–water partition coefficient (Wildman–Crippen LogP) is 4.97. The number of halogens is 1. The summed E-state index contributed by atoms with van der Waals surface area (Å²) in [6, 6.07) is 0. The summed E-state index contributed by atoms with van der Waals surface area (Å²) in [6.07, 6.45) is 11.9. The van der Waals surface area contributed by atoms with Gasteiger partial charge >= 0.3 is 0 Å². The van der Waals surface area contributed by atoms with Crippen LogP contribution in [-0.2, 0) is 0 Å². The van der Waals surface area contributed by atoms with E-state index in [4.69, 9.17) is 0 Å². The van der Waals surface area contributed by atoms with Crippen molar-refractivity contribution in [2.24, 2.45) is 5.92 Å². The highest BCUT2D eigenvalue weighted by atomic mass is 79.9. The fraction of sp³-hybridized carbons (Fsp3) is 0.917. The fourth-order valence-corrected chi connectivity index (χ4v) is 2.04. The Bertz CT molecular complexity index is 91.1. The normalized spacial score (nSPS) is 13.2. The monoisotopic (exact) mass is 247 g/mol. The highest BCUT2D eigenvalue weighted by Crippen LogP contribution is 2.18. The number of hydrogen-bond donors (Lipinski definition) is 0. The second-order valence-electron chi connectivity index (χ2n) is 3.83. The van der Waals surface area contributed by atoms with Crippen molar-refractivity contribution >= 4 is 15.9 Å². The van der Waals surface area contributed by atoms with Gasteiger partial charge in [0.25, 0.3) is 0 Å². The molecule has 0 N–H and O–H groups in total. The van der Waals surface area contributed by atoms with Gasteiger partial charge in [0, 0.05) is 5.33 Å². The van der Waals surface area contributed by atoms with Gasteiger partial charge in [0.05, 0.1) is 0 Å². The molecule has 1 unspecified atom stereocenters. The van der Waals surface area contributed by atoms with E-state index in [1.807, 2.05) is 0 Å². The summed E-state index contributed by atoms with van der Waals surface area (Å²) in [7, 11) is 0. The van der Waals surface area contributed by atoms with E-state index in [0.717, 1.165) is 5.92 Å². The molecule has 0 saturated carbocycles. The molecule has 79 valence electrons. The Morgan fingerprint density at radius 3 is 2.38 bits per heavy atom. The van der Waals surface area contributed by atoms with E-state index >= 15 is 0 Å². The minimum absolute atomic E-state index is 0.886. The molecule has 0 amide bonds. The molecule has 0 aliphatic heterocycles. The molecule has 1 heteroatoms. The predicted molar refractivity (Wildman–Crippen MR) is 65.3 cm³/mol. The molecule has 0 aliphatic rings. The number of alkyl halides is 1. The van der Waals surface area contributed by atoms with Crippen molar-refractivity contribution in [1.29, 1.82) is 0 Å². The van der Waals surface area contributed by atoms with Crippen LogP contribution in [-0.4, -0.2) is 5.33 Å². The zero-order valence-electron chi connectivity index (χ0n) is 9.19. The molecule has 0 aliphatic carbocycles. The summed E-state index contributed by atoms with van der Waals surface area (Å²) in [6.45, 7) is 4.53. The molecule has 0 aromatic rings. The molecule has 0 saturated heterocycles. The average Bonchev–Trinajstić information content (AvgIpc) is 2.17. The largest absolute Gasteiger partial charge is 0.0925 e. The third kappa shape index (κ3) is 8.80. The Morgan fingerprint density at radius 2 is 1.85 bits per heavy atom. The van der Waals surface area contributed by atoms with Crippen LogP contribution in [0.4, 0.5) is 0 Å².